The lowest BCUT2D eigenvalue weighted by molar-refractivity contribution is -0.00000988. The third-order valence-corrected chi connectivity index (χ3v) is 11.9. The number of benzene rings is 4. The van der Waals surface area contributed by atoms with Crippen LogP contribution in [0.25, 0.3) is 0 Å². The molecule has 0 unspecified atom stereocenters. The SMILES string of the molecule is CC1(C)OB(c2cccc(C[P+](c3ccccc3)(c3ccccc3)c3ccccc3)c2)OC1(C)C.[Br-]. The molecule has 0 aliphatic carbocycles. The van der Waals surface area contributed by atoms with E-state index in [4.69, 9.17) is 9.31 Å². The maximum absolute atomic E-state index is 6.38. The Morgan fingerprint density at radius 2 is 1.00 bits per heavy atom. The number of hydrogen-bond donors (Lipinski definition) is 0. The zero-order valence-electron chi connectivity index (χ0n) is 21.4. The smallest absolute Gasteiger partial charge is 0.494 e. The van der Waals surface area contributed by atoms with Crippen molar-refractivity contribution in [1.82, 2.24) is 0 Å². The van der Waals surface area contributed by atoms with Gasteiger partial charge in [-0.25, -0.2) is 0 Å². The van der Waals surface area contributed by atoms with Crippen LogP contribution in [0.1, 0.15) is 33.3 Å². The first-order valence-corrected chi connectivity index (χ1v) is 14.3. The highest BCUT2D eigenvalue weighted by atomic mass is 79.9. The molecule has 1 aliphatic heterocycles. The third-order valence-electron chi connectivity index (χ3n) is 7.49. The van der Waals surface area contributed by atoms with E-state index in [1.54, 1.807) is 0 Å². The van der Waals surface area contributed by atoms with Gasteiger partial charge in [0.1, 0.15) is 23.2 Å². The maximum Gasteiger partial charge on any atom is 0.494 e. The van der Waals surface area contributed by atoms with Gasteiger partial charge in [-0.2, -0.15) is 0 Å². The Morgan fingerprint density at radius 3 is 1.42 bits per heavy atom. The number of rotatable bonds is 6. The highest BCUT2D eigenvalue weighted by Gasteiger charge is 2.52. The van der Waals surface area contributed by atoms with Crippen molar-refractivity contribution >= 4 is 35.8 Å². The average molecular weight is 559 g/mol. The monoisotopic (exact) mass is 558 g/mol. The first-order valence-electron chi connectivity index (χ1n) is 12.3. The average Bonchev–Trinajstić information content (AvgIpc) is 3.11. The molecule has 0 aromatic heterocycles. The Kier molecular flexibility index (Phi) is 7.93. The summed E-state index contributed by atoms with van der Waals surface area (Å²) in [5.41, 5.74) is 1.65. The molecule has 184 valence electrons. The Balaban J connectivity index is 0.00000304. The lowest BCUT2D eigenvalue weighted by Gasteiger charge is -2.32. The van der Waals surface area contributed by atoms with Crippen LogP contribution in [0, 0.1) is 0 Å². The molecule has 1 aliphatic rings. The van der Waals surface area contributed by atoms with Gasteiger partial charge in [0.25, 0.3) is 0 Å². The summed E-state index contributed by atoms with van der Waals surface area (Å²) in [7, 11) is -2.32. The highest BCUT2D eigenvalue weighted by Crippen LogP contribution is 2.58. The molecule has 5 rings (SSSR count). The van der Waals surface area contributed by atoms with Crippen molar-refractivity contribution in [1.29, 1.82) is 0 Å². The standard InChI is InChI=1S/C31H33BO2P.BrH/c1-30(2)31(3,4)34-32(33-30)26-16-14-15-25(23-26)24-35(27-17-8-5-9-18-27,28-19-10-6-11-20-28)29-21-12-7-13-22-29;/h5-23H,24H2,1-4H3;1H/q+1;/p-1. The van der Waals surface area contributed by atoms with Gasteiger partial charge in [-0.3, -0.25) is 0 Å². The molecular formula is C31H33BBrO2P. The predicted molar refractivity (Wildman–Crippen MR) is 151 cm³/mol. The van der Waals surface area contributed by atoms with Crippen LogP contribution >= 0.6 is 7.26 Å². The van der Waals surface area contributed by atoms with E-state index in [1.807, 2.05) is 0 Å². The Morgan fingerprint density at radius 1 is 0.583 bits per heavy atom. The number of halogens is 1. The molecule has 0 amide bonds. The zero-order valence-corrected chi connectivity index (χ0v) is 23.9. The molecule has 1 saturated heterocycles. The van der Waals surface area contributed by atoms with E-state index in [0.717, 1.165) is 11.6 Å². The van der Waals surface area contributed by atoms with Crippen LogP contribution in [-0.2, 0) is 15.5 Å². The van der Waals surface area contributed by atoms with Crippen LogP contribution < -0.4 is 38.4 Å². The van der Waals surface area contributed by atoms with Crippen molar-refractivity contribution in [3.8, 4) is 0 Å². The normalized spacial score (nSPS) is 16.4. The molecule has 2 nitrogen and oxygen atoms in total. The van der Waals surface area contributed by atoms with Crippen molar-refractivity contribution in [3.63, 3.8) is 0 Å². The zero-order chi connectivity index (χ0) is 24.5. The molecule has 0 atom stereocenters. The van der Waals surface area contributed by atoms with Crippen LogP contribution in [0.15, 0.2) is 115 Å². The fraction of sp³-hybridized carbons (Fsp3) is 0.226. The largest absolute Gasteiger partial charge is 1.00 e. The summed E-state index contributed by atoms with van der Waals surface area (Å²) in [6.45, 7) is 8.42. The maximum atomic E-state index is 6.38. The van der Waals surface area contributed by atoms with Crippen LogP contribution in [-0.4, -0.2) is 18.3 Å². The summed E-state index contributed by atoms with van der Waals surface area (Å²) < 4.78 is 12.8. The topological polar surface area (TPSA) is 18.5 Å². The second-order valence-corrected chi connectivity index (χ2v) is 13.8. The number of hydrogen-bond acceptors (Lipinski definition) is 2. The molecule has 0 saturated carbocycles. The Hall–Kier alpha value is -2.23. The molecule has 0 N–H and O–H groups in total. The molecule has 4 aromatic rings. The first-order chi connectivity index (χ1) is 16.8. The minimum atomic E-state index is -1.96. The predicted octanol–water partition coefficient (Wildman–Crippen LogP) is 2.48. The quantitative estimate of drug-likeness (QED) is 0.267. The van der Waals surface area contributed by atoms with Crippen LogP contribution in [0.3, 0.4) is 0 Å². The van der Waals surface area contributed by atoms with Crippen molar-refractivity contribution in [3.05, 3.63) is 121 Å². The van der Waals surface area contributed by atoms with E-state index in [9.17, 15) is 0 Å². The summed E-state index contributed by atoms with van der Waals surface area (Å²) in [6.07, 6.45) is 0.929. The summed E-state index contributed by atoms with van der Waals surface area (Å²) in [4.78, 5) is 0. The first kappa shape index (κ1) is 26.8. The van der Waals surface area contributed by atoms with E-state index < -0.39 is 7.26 Å². The van der Waals surface area contributed by atoms with Crippen molar-refractivity contribution in [2.24, 2.45) is 0 Å². The summed E-state index contributed by atoms with van der Waals surface area (Å²) >= 11 is 0. The minimum Gasteiger partial charge on any atom is -1.00 e. The molecule has 0 radical (unpaired) electrons. The molecule has 36 heavy (non-hydrogen) atoms. The van der Waals surface area contributed by atoms with Gasteiger partial charge in [-0.1, -0.05) is 78.9 Å². The Labute approximate surface area is 227 Å². The van der Waals surface area contributed by atoms with Gasteiger partial charge < -0.3 is 26.3 Å². The van der Waals surface area contributed by atoms with Crippen LogP contribution in [0.2, 0.25) is 0 Å². The molecule has 1 heterocycles. The van der Waals surface area contributed by atoms with E-state index in [-0.39, 0.29) is 35.3 Å². The molecule has 4 aromatic carbocycles. The van der Waals surface area contributed by atoms with Gasteiger partial charge in [-0.15, -0.1) is 0 Å². The van der Waals surface area contributed by atoms with Crippen LogP contribution in [0.5, 0.6) is 0 Å². The van der Waals surface area contributed by atoms with Gasteiger partial charge >= 0.3 is 7.12 Å². The summed E-state index contributed by atoms with van der Waals surface area (Å²) in [5.74, 6) is 0. The van der Waals surface area contributed by atoms with E-state index in [2.05, 4.69) is 143 Å². The summed E-state index contributed by atoms with van der Waals surface area (Å²) in [6, 6.07) is 41.9. The van der Waals surface area contributed by atoms with Gasteiger partial charge in [0.2, 0.25) is 0 Å². The molecule has 0 bridgehead atoms. The van der Waals surface area contributed by atoms with Crippen molar-refractivity contribution in [2.45, 2.75) is 45.1 Å². The van der Waals surface area contributed by atoms with Crippen molar-refractivity contribution < 1.29 is 26.3 Å². The molecule has 1 fully saturated rings. The van der Waals surface area contributed by atoms with Gasteiger partial charge in [0, 0.05) is 0 Å². The molecular weight excluding hydrogens is 526 g/mol. The van der Waals surface area contributed by atoms with E-state index in [1.165, 1.54) is 21.5 Å². The molecule has 5 heteroatoms. The molecule has 0 spiro atoms. The van der Waals surface area contributed by atoms with Gasteiger partial charge in [0.15, 0.2) is 0 Å². The van der Waals surface area contributed by atoms with Gasteiger partial charge in [0.05, 0.1) is 17.4 Å². The lowest BCUT2D eigenvalue weighted by Crippen LogP contribution is -3.00. The third kappa shape index (κ3) is 4.98. The minimum absolute atomic E-state index is 0. The fourth-order valence-electron chi connectivity index (χ4n) is 4.86. The second-order valence-electron chi connectivity index (χ2n) is 10.3. The van der Waals surface area contributed by atoms with E-state index >= 15 is 0 Å². The highest BCUT2D eigenvalue weighted by molar-refractivity contribution is 7.95. The fourth-order valence-corrected chi connectivity index (χ4v) is 9.09. The second kappa shape index (κ2) is 10.6. The van der Waals surface area contributed by atoms with Crippen LogP contribution in [0.4, 0.5) is 0 Å². The van der Waals surface area contributed by atoms with Gasteiger partial charge in [-0.05, 0) is 75.1 Å². The van der Waals surface area contributed by atoms with Crippen molar-refractivity contribution in [2.75, 3.05) is 0 Å². The summed E-state index contributed by atoms with van der Waals surface area (Å²) in [5, 5.41) is 4.16. The van der Waals surface area contributed by atoms with E-state index in [0.29, 0.717) is 0 Å². The Bertz CT molecular complexity index is 1170. The lowest BCUT2D eigenvalue weighted by atomic mass is 9.78.